The van der Waals surface area contributed by atoms with E-state index in [1.165, 1.54) is 25.3 Å². The summed E-state index contributed by atoms with van der Waals surface area (Å²) in [5, 5.41) is 9.59. The lowest BCUT2D eigenvalue weighted by Gasteiger charge is -2.09. The summed E-state index contributed by atoms with van der Waals surface area (Å²) in [6, 6.07) is 12.1. The molecule has 0 saturated heterocycles. The number of halogens is 1. The highest BCUT2D eigenvalue weighted by atomic mass is 19.1. The molecule has 0 atom stereocenters. The molecular weight excluding hydrogens is 403 g/mol. The van der Waals surface area contributed by atoms with Crippen molar-refractivity contribution in [2.24, 2.45) is 0 Å². The van der Waals surface area contributed by atoms with Crippen LogP contribution in [0.15, 0.2) is 48.5 Å². The van der Waals surface area contributed by atoms with Gasteiger partial charge in [-0.25, -0.2) is 9.07 Å². The number of esters is 1. The van der Waals surface area contributed by atoms with Gasteiger partial charge >= 0.3 is 5.97 Å². The summed E-state index contributed by atoms with van der Waals surface area (Å²) in [7, 11) is 1.23. The number of carbonyl (C=O) groups is 3. The first-order valence-corrected chi connectivity index (χ1v) is 9.38. The maximum Gasteiger partial charge on any atom is 0.325 e. The number of methoxy groups -OCH3 is 1. The van der Waals surface area contributed by atoms with Gasteiger partial charge in [-0.05, 0) is 56.3 Å². The first-order valence-electron chi connectivity index (χ1n) is 9.38. The molecule has 0 saturated carbocycles. The van der Waals surface area contributed by atoms with Crippen molar-refractivity contribution in [1.82, 2.24) is 15.1 Å². The minimum absolute atomic E-state index is 0.257. The molecule has 1 heterocycles. The Labute approximate surface area is 178 Å². The Morgan fingerprint density at radius 3 is 2.45 bits per heavy atom. The van der Waals surface area contributed by atoms with Crippen molar-refractivity contribution >= 4 is 23.5 Å². The molecule has 0 spiro atoms. The van der Waals surface area contributed by atoms with Crippen molar-refractivity contribution in [3.8, 4) is 5.69 Å². The molecule has 0 radical (unpaired) electrons. The lowest BCUT2D eigenvalue weighted by molar-refractivity contribution is -0.139. The van der Waals surface area contributed by atoms with Gasteiger partial charge in [0, 0.05) is 11.3 Å². The topological polar surface area (TPSA) is 102 Å². The molecule has 0 bridgehead atoms. The van der Waals surface area contributed by atoms with Crippen LogP contribution in [0.25, 0.3) is 5.69 Å². The Morgan fingerprint density at radius 1 is 1.06 bits per heavy atom. The zero-order chi connectivity index (χ0) is 22.5. The molecule has 3 aromatic rings. The maximum absolute atomic E-state index is 13.2. The Bertz CT molecular complexity index is 1140. The van der Waals surface area contributed by atoms with Crippen LogP contribution in [0.1, 0.15) is 32.1 Å². The van der Waals surface area contributed by atoms with E-state index in [1.54, 1.807) is 48.9 Å². The lowest BCUT2D eigenvalue weighted by atomic mass is 10.1. The van der Waals surface area contributed by atoms with Gasteiger partial charge in [-0.2, -0.15) is 5.10 Å². The zero-order valence-corrected chi connectivity index (χ0v) is 17.2. The number of aryl methyl sites for hydroxylation is 1. The number of nitrogens with one attached hydrogen (secondary N) is 2. The number of anilines is 1. The highest BCUT2D eigenvalue weighted by molar-refractivity contribution is 6.06. The fraction of sp³-hybridized carbons (Fsp3) is 0.182. The number of rotatable bonds is 6. The Kier molecular flexibility index (Phi) is 6.44. The third-order valence-electron chi connectivity index (χ3n) is 4.59. The van der Waals surface area contributed by atoms with Crippen LogP contribution in [0.3, 0.4) is 0 Å². The number of amides is 2. The summed E-state index contributed by atoms with van der Waals surface area (Å²) in [5.74, 6) is -1.80. The lowest BCUT2D eigenvalue weighted by Crippen LogP contribution is -2.30. The molecular formula is C22H21FN4O4. The quantitative estimate of drug-likeness (QED) is 0.593. The van der Waals surface area contributed by atoms with Gasteiger partial charge in [-0.3, -0.25) is 14.4 Å². The number of aromatic nitrogens is 2. The maximum atomic E-state index is 13.2. The second-order valence-corrected chi connectivity index (χ2v) is 6.73. The monoisotopic (exact) mass is 424 g/mol. The van der Waals surface area contributed by atoms with Crippen molar-refractivity contribution in [3.05, 3.63) is 76.9 Å². The summed E-state index contributed by atoms with van der Waals surface area (Å²) in [6.07, 6.45) is 0. The molecule has 1 aromatic heterocycles. The third kappa shape index (κ3) is 4.95. The molecule has 9 heteroatoms. The Hall–Kier alpha value is -4.01. The van der Waals surface area contributed by atoms with Crippen molar-refractivity contribution < 1.29 is 23.5 Å². The predicted octanol–water partition coefficient (Wildman–Crippen LogP) is 2.78. The SMILES string of the molecule is COC(=O)CNC(=O)c1cccc(NC(=O)c2c(C)nn(-c3ccc(F)cc3)c2C)c1. The molecule has 2 aromatic carbocycles. The molecule has 2 N–H and O–H groups in total. The van der Waals surface area contributed by atoms with Crippen LogP contribution >= 0.6 is 0 Å². The number of ether oxygens (including phenoxy) is 1. The molecule has 0 unspecified atom stereocenters. The molecule has 2 amide bonds. The second kappa shape index (κ2) is 9.21. The van der Waals surface area contributed by atoms with E-state index >= 15 is 0 Å². The first kappa shape index (κ1) is 21.7. The van der Waals surface area contributed by atoms with E-state index in [-0.39, 0.29) is 17.9 Å². The number of hydrogen-bond acceptors (Lipinski definition) is 5. The Balaban J connectivity index is 1.78. The highest BCUT2D eigenvalue weighted by Crippen LogP contribution is 2.20. The largest absolute Gasteiger partial charge is 0.468 e. The zero-order valence-electron chi connectivity index (χ0n) is 17.2. The number of benzene rings is 2. The molecule has 0 aliphatic carbocycles. The molecule has 0 aliphatic heterocycles. The van der Waals surface area contributed by atoms with E-state index in [9.17, 15) is 18.8 Å². The van der Waals surface area contributed by atoms with Gasteiger partial charge < -0.3 is 15.4 Å². The molecule has 31 heavy (non-hydrogen) atoms. The highest BCUT2D eigenvalue weighted by Gasteiger charge is 2.20. The normalized spacial score (nSPS) is 10.5. The van der Waals surface area contributed by atoms with Crippen LogP contribution in [0.5, 0.6) is 0 Å². The van der Waals surface area contributed by atoms with Crippen molar-refractivity contribution in [2.45, 2.75) is 13.8 Å². The molecule has 160 valence electrons. The van der Waals surface area contributed by atoms with E-state index in [0.29, 0.717) is 28.3 Å². The van der Waals surface area contributed by atoms with Gasteiger partial charge in [-0.15, -0.1) is 0 Å². The summed E-state index contributed by atoms with van der Waals surface area (Å²) in [6.45, 7) is 3.19. The summed E-state index contributed by atoms with van der Waals surface area (Å²) in [5.41, 5.74) is 2.79. The van der Waals surface area contributed by atoms with Crippen LogP contribution in [0, 0.1) is 19.7 Å². The molecule has 8 nitrogen and oxygen atoms in total. The minimum Gasteiger partial charge on any atom is -0.468 e. The average molecular weight is 424 g/mol. The fourth-order valence-electron chi connectivity index (χ4n) is 3.06. The van der Waals surface area contributed by atoms with Crippen molar-refractivity contribution in [2.75, 3.05) is 19.0 Å². The summed E-state index contributed by atoms with van der Waals surface area (Å²) >= 11 is 0. The van der Waals surface area contributed by atoms with Gasteiger partial charge in [0.2, 0.25) is 0 Å². The number of carbonyl (C=O) groups excluding carboxylic acids is 3. The first-order chi connectivity index (χ1) is 14.8. The predicted molar refractivity (Wildman–Crippen MR) is 112 cm³/mol. The van der Waals surface area contributed by atoms with Gasteiger partial charge in [-0.1, -0.05) is 6.07 Å². The van der Waals surface area contributed by atoms with Crippen molar-refractivity contribution in [3.63, 3.8) is 0 Å². The van der Waals surface area contributed by atoms with Crippen LogP contribution < -0.4 is 10.6 Å². The number of hydrogen-bond donors (Lipinski definition) is 2. The van der Waals surface area contributed by atoms with E-state index in [1.807, 2.05) is 0 Å². The smallest absolute Gasteiger partial charge is 0.325 e. The van der Waals surface area contributed by atoms with Crippen molar-refractivity contribution in [1.29, 1.82) is 0 Å². The van der Waals surface area contributed by atoms with Crippen LogP contribution in [0.2, 0.25) is 0 Å². The molecule has 0 aliphatic rings. The number of nitrogens with zero attached hydrogens (tertiary/aromatic N) is 2. The van der Waals surface area contributed by atoms with E-state index in [2.05, 4.69) is 20.5 Å². The van der Waals surface area contributed by atoms with E-state index < -0.39 is 17.8 Å². The van der Waals surface area contributed by atoms with Gasteiger partial charge in [0.1, 0.15) is 12.4 Å². The van der Waals surface area contributed by atoms with Crippen LogP contribution in [-0.2, 0) is 9.53 Å². The minimum atomic E-state index is -0.568. The molecule has 0 fully saturated rings. The molecule has 3 rings (SSSR count). The van der Waals surface area contributed by atoms with Crippen LogP contribution in [0.4, 0.5) is 10.1 Å². The second-order valence-electron chi connectivity index (χ2n) is 6.73. The van der Waals surface area contributed by atoms with E-state index in [0.717, 1.165) is 0 Å². The third-order valence-corrected chi connectivity index (χ3v) is 4.59. The van der Waals surface area contributed by atoms with Gasteiger partial charge in [0.15, 0.2) is 0 Å². The van der Waals surface area contributed by atoms with Gasteiger partial charge in [0.25, 0.3) is 11.8 Å². The van der Waals surface area contributed by atoms with Gasteiger partial charge in [0.05, 0.1) is 29.7 Å². The van der Waals surface area contributed by atoms with E-state index in [4.69, 9.17) is 0 Å². The Morgan fingerprint density at radius 2 is 1.77 bits per heavy atom. The summed E-state index contributed by atoms with van der Waals surface area (Å²) in [4.78, 5) is 36.3. The standard InChI is InChI=1S/C22H21FN4O4/c1-13-20(14(2)27(26-13)18-9-7-16(23)8-10-18)22(30)25-17-6-4-5-15(11-17)21(29)24-12-19(28)31-3/h4-11H,12H2,1-3H3,(H,24,29)(H,25,30). The fourth-order valence-corrected chi connectivity index (χ4v) is 3.06. The van der Waals surface area contributed by atoms with Crippen LogP contribution in [-0.4, -0.2) is 41.2 Å². The summed E-state index contributed by atoms with van der Waals surface area (Å²) < 4.78 is 19.3. The average Bonchev–Trinajstić information content (AvgIpc) is 3.06.